The molecule has 0 aliphatic rings. The molecule has 0 saturated carbocycles. The number of aliphatic carboxylic acids is 1. The van der Waals surface area contributed by atoms with E-state index in [1.807, 2.05) is 0 Å². The number of hydrogen-bond acceptors (Lipinski definition) is 2. The van der Waals surface area contributed by atoms with Gasteiger partial charge in [-0.1, -0.05) is 0 Å². The van der Waals surface area contributed by atoms with Crippen molar-refractivity contribution in [3.63, 3.8) is 0 Å². The van der Waals surface area contributed by atoms with E-state index in [4.69, 9.17) is 5.11 Å². The molecule has 0 aromatic carbocycles. The van der Waals surface area contributed by atoms with Crippen LogP contribution < -0.4 is 0 Å². The minimum absolute atomic E-state index is 0.222. The van der Waals surface area contributed by atoms with Gasteiger partial charge in [0.25, 0.3) is 0 Å². The largest absolute Gasteiger partial charge is 0.480 e. The molecule has 1 N–H and O–H groups in total. The molecule has 0 rings (SSSR count). The topological polar surface area (TPSA) is 46.5 Å². The molecule has 0 aliphatic carbocycles. The maximum Gasteiger partial charge on any atom is 0.330 e. The number of carboxylic acid groups (broad SMARTS) is 1. The predicted molar refractivity (Wildman–Crippen MR) is 27.6 cm³/mol. The van der Waals surface area contributed by atoms with Gasteiger partial charge in [-0.05, 0) is 0 Å². The van der Waals surface area contributed by atoms with Gasteiger partial charge in [0.15, 0.2) is 6.61 Å². The summed E-state index contributed by atoms with van der Waals surface area (Å²) in [5.41, 5.74) is 0. The minimum Gasteiger partial charge on any atom is -0.480 e. The molecular weight excluding hydrogens is 199 g/mol. The van der Waals surface area contributed by atoms with Crippen molar-refractivity contribution in [3.05, 3.63) is 0 Å². The van der Waals surface area contributed by atoms with Crippen LogP contribution in [-0.4, -0.2) is 17.7 Å². The van der Waals surface area contributed by atoms with Crippen molar-refractivity contribution in [2.24, 2.45) is 0 Å². The molecule has 0 radical (unpaired) electrons. The Hall–Kier alpha value is 0.160. The monoisotopic (exact) mass is 202 g/mol. The van der Waals surface area contributed by atoms with Crippen molar-refractivity contribution >= 4 is 29.0 Å². The van der Waals surface area contributed by atoms with E-state index in [-0.39, 0.29) is 6.61 Å². The van der Waals surface area contributed by atoms with Crippen LogP contribution in [0.5, 0.6) is 0 Å². The first-order valence-corrected chi connectivity index (χ1v) is 2.11. The van der Waals surface area contributed by atoms with Crippen LogP contribution in [0.3, 0.4) is 0 Å². The molecule has 0 heterocycles. The van der Waals surface area contributed by atoms with Gasteiger partial charge in [0.1, 0.15) is 23.0 Å². The van der Waals surface area contributed by atoms with E-state index >= 15 is 0 Å². The van der Waals surface area contributed by atoms with E-state index in [0.29, 0.717) is 0 Å². The number of rotatable bonds is 2. The van der Waals surface area contributed by atoms with Crippen molar-refractivity contribution in [1.82, 2.24) is 0 Å². The zero-order chi connectivity index (χ0) is 4.99. The molecule has 0 bridgehead atoms. The second kappa shape index (κ2) is 3.35. The van der Waals surface area contributed by atoms with Crippen LogP contribution in [0.4, 0.5) is 0 Å². The molecule has 0 fully saturated rings. The van der Waals surface area contributed by atoms with Crippen molar-refractivity contribution in [2.75, 3.05) is 6.61 Å². The fourth-order valence-corrected chi connectivity index (χ4v) is 0.313. The maximum atomic E-state index is 9.47. The van der Waals surface area contributed by atoms with Crippen LogP contribution in [0, 0.1) is 0 Å². The normalized spacial score (nSPS) is 8.17. The van der Waals surface area contributed by atoms with Gasteiger partial charge in [-0.2, -0.15) is 0 Å². The van der Waals surface area contributed by atoms with E-state index in [2.05, 4.69) is 3.07 Å². The molecule has 0 amide bonds. The zero-order valence-electron chi connectivity index (χ0n) is 2.85. The fourth-order valence-electron chi connectivity index (χ4n) is 0.0467. The first-order chi connectivity index (χ1) is 2.77. The summed E-state index contributed by atoms with van der Waals surface area (Å²) in [5, 5.41) is 7.78. The van der Waals surface area contributed by atoms with Gasteiger partial charge >= 0.3 is 5.97 Å². The van der Waals surface area contributed by atoms with E-state index < -0.39 is 5.97 Å². The van der Waals surface area contributed by atoms with E-state index in [0.717, 1.165) is 0 Å². The Bertz CT molecular complexity index is 52.8. The summed E-state index contributed by atoms with van der Waals surface area (Å²) in [6, 6.07) is 0. The first kappa shape index (κ1) is 6.16. The van der Waals surface area contributed by atoms with Gasteiger partial charge in [-0.15, -0.1) is 0 Å². The van der Waals surface area contributed by atoms with Crippen LogP contribution in [-0.2, 0) is 7.86 Å². The summed E-state index contributed by atoms with van der Waals surface area (Å²) < 4.78 is 4.17. The Morgan fingerprint density at radius 2 is 2.50 bits per heavy atom. The third-order valence-electron chi connectivity index (χ3n) is 0.178. The highest BCUT2D eigenvalue weighted by molar-refractivity contribution is 14.1. The van der Waals surface area contributed by atoms with Gasteiger partial charge < -0.3 is 8.17 Å². The average molecular weight is 202 g/mol. The molecule has 0 unspecified atom stereocenters. The highest BCUT2D eigenvalue weighted by Crippen LogP contribution is 1.81. The number of halogens is 1. The van der Waals surface area contributed by atoms with Gasteiger partial charge in [0, 0.05) is 0 Å². The molecule has 0 aliphatic heterocycles. The molecule has 36 valence electrons. The number of hydrogen-bond donors (Lipinski definition) is 1. The molecule has 3 nitrogen and oxygen atoms in total. The molecule has 6 heavy (non-hydrogen) atoms. The van der Waals surface area contributed by atoms with Crippen molar-refractivity contribution in [2.45, 2.75) is 0 Å². The summed E-state index contributed by atoms with van der Waals surface area (Å²) in [5.74, 6) is -0.940. The molecule has 0 aromatic heterocycles. The lowest BCUT2D eigenvalue weighted by molar-refractivity contribution is -0.138. The van der Waals surface area contributed by atoms with E-state index in [9.17, 15) is 4.79 Å². The lowest BCUT2D eigenvalue weighted by atomic mass is 10.8. The van der Waals surface area contributed by atoms with Crippen molar-refractivity contribution in [3.8, 4) is 0 Å². The molecule has 0 atom stereocenters. The summed E-state index contributed by atoms with van der Waals surface area (Å²) in [6.45, 7) is -0.222. The van der Waals surface area contributed by atoms with Gasteiger partial charge in [0.05, 0.1) is 0 Å². The Kier molecular flexibility index (Phi) is 3.44. The zero-order valence-corrected chi connectivity index (χ0v) is 5.01. The fraction of sp³-hybridized carbons (Fsp3) is 0.500. The number of carboxylic acids is 1. The highest BCUT2D eigenvalue weighted by atomic mass is 127. The highest BCUT2D eigenvalue weighted by Gasteiger charge is 1.89. The lowest BCUT2D eigenvalue weighted by Crippen LogP contribution is -2.00. The summed E-state index contributed by atoms with van der Waals surface area (Å²) in [4.78, 5) is 9.47. The van der Waals surface area contributed by atoms with Crippen molar-refractivity contribution in [1.29, 1.82) is 0 Å². The standard InChI is InChI=1S/C2H3IO3/c3-6-1-2(4)5/h1H2,(H,4,5). The SMILES string of the molecule is O=C(O)COI. The van der Waals surface area contributed by atoms with E-state index in [1.165, 1.54) is 23.0 Å². The molecule has 0 aromatic rings. The number of carbonyl (C=O) groups is 1. The predicted octanol–water partition coefficient (Wildman–Crippen LogP) is 0.438. The molecule has 0 spiro atoms. The van der Waals surface area contributed by atoms with Gasteiger partial charge in [-0.3, -0.25) is 0 Å². The van der Waals surface area contributed by atoms with E-state index in [1.54, 1.807) is 0 Å². The van der Waals surface area contributed by atoms with Crippen LogP contribution in [0.15, 0.2) is 0 Å². The Labute approximate surface area is 49.0 Å². The van der Waals surface area contributed by atoms with Crippen LogP contribution in [0.1, 0.15) is 0 Å². The van der Waals surface area contributed by atoms with Crippen LogP contribution in [0.2, 0.25) is 0 Å². The smallest absolute Gasteiger partial charge is 0.330 e. The van der Waals surface area contributed by atoms with Gasteiger partial charge in [0.2, 0.25) is 0 Å². The Morgan fingerprint density at radius 3 is 2.50 bits per heavy atom. The second-order valence-corrected chi connectivity index (χ2v) is 1.27. The average Bonchev–Trinajstić information content (AvgIpc) is 1.35. The van der Waals surface area contributed by atoms with Crippen molar-refractivity contribution < 1.29 is 13.0 Å². The summed E-state index contributed by atoms with van der Waals surface area (Å²) >= 11 is 1.52. The summed E-state index contributed by atoms with van der Waals surface area (Å²) in [6.07, 6.45) is 0. The van der Waals surface area contributed by atoms with Crippen LogP contribution >= 0.6 is 23.0 Å². The molecule has 0 saturated heterocycles. The first-order valence-electron chi connectivity index (χ1n) is 1.22. The Balaban J connectivity index is 2.83. The maximum absolute atomic E-state index is 9.47. The molecular formula is C2H3IO3. The second-order valence-electron chi connectivity index (χ2n) is 0.647. The molecule has 4 heteroatoms. The minimum atomic E-state index is -0.940. The van der Waals surface area contributed by atoms with Crippen LogP contribution in [0.25, 0.3) is 0 Å². The summed E-state index contributed by atoms with van der Waals surface area (Å²) in [7, 11) is 0. The quantitative estimate of drug-likeness (QED) is 0.660. The van der Waals surface area contributed by atoms with Gasteiger partial charge in [-0.25, -0.2) is 4.79 Å². The lowest BCUT2D eigenvalue weighted by Gasteiger charge is -1.81. The third-order valence-corrected chi connectivity index (χ3v) is 0.489. The Morgan fingerprint density at radius 1 is 2.00 bits per heavy atom. The third kappa shape index (κ3) is 4.16.